The molecule has 0 saturated heterocycles. The summed E-state index contributed by atoms with van der Waals surface area (Å²) in [6.45, 7) is 4.19. The lowest BCUT2D eigenvalue weighted by atomic mass is 9.98. The minimum absolute atomic E-state index is 0.0301. The third-order valence-corrected chi connectivity index (χ3v) is 3.50. The fourth-order valence-electron chi connectivity index (χ4n) is 2.32. The molecule has 2 aromatic rings. The van der Waals surface area contributed by atoms with Gasteiger partial charge < -0.3 is 4.74 Å². The number of ketones is 1. The molecule has 0 saturated carbocycles. The molecular weight excluding hydrogens is 272 g/mol. The van der Waals surface area contributed by atoms with E-state index in [1.54, 1.807) is 6.26 Å². The van der Waals surface area contributed by atoms with Crippen LogP contribution in [0.4, 0.5) is 0 Å². The van der Waals surface area contributed by atoms with Crippen LogP contribution in [0.5, 0.6) is 0 Å². The molecule has 0 fully saturated rings. The van der Waals surface area contributed by atoms with Gasteiger partial charge in [0.2, 0.25) is 0 Å². The first-order valence-electron chi connectivity index (χ1n) is 7.73. The van der Waals surface area contributed by atoms with E-state index in [0.29, 0.717) is 11.1 Å². The fraction of sp³-hybridized carbons (Fsp3) is 0.250. The van der Waals surface area contributed by atoms with Crippen molar-refractivity contribution in [2.45, 2.75) is 32.8 Å². The molecule has 1 atom stereocenters. The van der Waals surface area contributed by atoms with Crippen molar-refractivity contribution in [1.29, 1.82) is 0 Å². The van der Waals surface area contributed by atoms with Gasteiger partial charge in [-0.3, -0.25) is 4.79 Å². The zero-order valence-corrected chi connectivity index (χ0v) is 13.2. The number of benzene rings is 2. The Balaban J connectivity index is 2.17. The predicted molar refractivity (Wildman–Crippen MR) is 90.8 cm³/mol. The quantitative estimate of drug-likeness (QED) is 0.525. The minimum Gasteiger partial charge on any atom is -0.498 e. The van der Waals surface area contributed by atoms with Gasteiger partial charge in [-0.15, -0.1) is 0 Å². The monoisotopic (exact) mass is 294 g/mol. The number of carbonyl (C=O) groups excluding carboxylic acids is 1. The molecule has 2 aromatic carbocycles. The van der Waals surface area contributed by atoms with E-state index in [4.69, 9.17) is 4.74 Å². The van der Waals surface area contributed by atoms with Gasteiger partial charge in [-0.1, -0.05) is 67.9 Å². The SMILES string of the molecule is CCCC(C)O/C=C/c1ccccc1C(=O)c1ccccc1. The fourth-order valence-corrected chi connectivity index (χ4v) is 2.32. The molecule has 0 bridgehead atoms. The Morgan fingerprint density at radius 3 is 2.50 bits per heavy atom. The van der Waals surface area contributed by atoms with Crippen molar-refractivity contribution in [2.24, 2.45) is 0 Å². The van der Waals surface area contributed by atoms with Crippen molar-refractivity contribution in [2.75, 3.05) is 0 Å². The maximum atomic E-state index is 12.6. The zero-order valence-electron chi connectivity index (χ0n) is 13.2. The Kier molecular flexibility index (Phi) is 5.96. The molecule has 0 heterocycles. The molecule has 0 spiro atoms. The van der Waals surface area contributed by atoms with Crippen LogP contribution in [-0.4, -0.2) is 11.9 Å². The van der Waals surface area contributed by atoms with Gasteiger partial charge in [-0.05, 0) is 25.0 Å². The summed E-state index contributed by atoms with van der Waals surface area (Å²) in [5.74, 6) is 0.0301. The van der Waals surface area contributed by atoms with Crippen molar-refractivity contribution < 1.29 is 9.53 Å². The van der Waals surface area contributed by atoms with E-state index in [1.807, 2.05) is 60.7 Å². The molecular formula is C20H22O2. The van der Waals surface area contributed by atoms with Gasteiger partial charge in [0.25, 0.3) is 0 Å². The summed E-state index contributed by atoms with van der Waals surface area (Å²) in [6, 6.07) is 16.9. The van der Waals surface area contributed by atoms with E-state index in [9.17, 15) is 4.79 Å². The second-order valence-corrected chi connectivity index (χ2v) is 5.32. The molecule has 2 nitrogen and oxygen atoms in total. The summed E-state index contributed by atoms with van der Waals surface area (Å²) < 4.78 is 5.63. The third kappa shape index (κ3) is 4.32. The number of carbonyl (C=O) groups is 1. The number of rotatable bonds is 7. The second kappa shape index (κ2) is 8.18. The molecule has 0 aliphatic carbocycles. The summed E-state index contributed by atoms with van der Waals surface area (Å²) >= 11 is 0. The smallest absolute Gasteiger partial charge is 0.193 e. The van der Waals surface area contributed by atoms with Crippen LogP contribution in [0.3, 0.4) is 0 Å². The van der Waals surface area contributed by atoms with E-state index in [2.05, 4.69) is 13.8 Å². The molecule has 0 aromatic heterocycles. The lowest BCUT2D eigenvalue weighted by Crippen LogP contribution is -2.04. The van der Waals surface area contributed by atoms with Gasteiger partial charge in [0.1, 0.15) is 0 Å². The molecule has 0 radical (unpaired) electrons. The maximum Gasteiger partial charge on any atom is 0.193 e. The summed E-state index contributed by atoms with van der Waals surface area (Å²) in [5.41, 5.74) is 2.26. The van der Waals surface area contributed by atoms with Gasteiger partial charge in [0.05, 0.1) is 12.4 Å². The standard InChI is InChI=1S/C20H22O2/c1-3-9-16(2)22-15-14-17-10-7-8-13-19(17)20(21)18-11-5-4-6-12-18/h4-8,10-16H,3,9H2,1-2H3/b15-14+. The molecule has 2 heteroatoms. The Labute approximate surface area is 132 Å². The molecule has 0 amide bonds. The lowest BCUT2D eigenvalue weighted by molar-refractivity contribution is 0.103. The number of ether oxygens (including phenoxy) is 1. The van der Waals surface area contributed by atoms with Crippen LogP contribution < -0.4 is 0 Å². The van der Waals surface area contributed by atoms with E-state index < -0.39 is 0 Å². The Morgan fingerprint density at radius 1 is 1.09 bits per heavy atom. The third-order valence-electron chi connectivity index (χ3n) is 3.50. The highest BCUT2D eigenvalue weighted by Gasteiger charge is 2.11. The van der Waals surface area contributed by atoms with E-state index >= 15 is 0 Å². The summed E-state index contributed by atoms with van der Waals surface area (Å²) in [4.78, 5) is 12.6. The van der Waals surface area contributed by atoms with E-state index in [-0.39, 0.29) is 11.9 Å². The molecule has 0 N–H and O–H groups in total. The Morgan fingerprint density at radius 2 is 1.77 bits per heavy atom. The van der Waals surface area contributed by atoms with Gasteiger partial charge in [0.15, 0.2) is 5.78 Å². The normalized spacial score (nSPS) is 12.3. The lowest BCUT2D eigenvalue weighted by Gasteiger charge is -2.10. The summed E-state index contributed by atoms with van der Waals surface area (Å²) in [7, 11) is 0. The van der Waals surface area contributed by atoms with Crippen LogP contribution in [0.2, 0.25) is 0 Å². The highest BCUT2D eigenvalue weighted by molar-refractivity contribution is 6.10. The van der Waals surface area contributed by atoms with Crippen molar-refractivity contribution in [3.05, 3.63) is 77.5 Å². The molecule has 22 heavy (non-hydrogen) atoms. The Hall–Kier alpha value is -2.35. The summed E-state index contributed by atoms with van der Waals surface area (Å²) in [6.07, 6.45) is 5.87. The molecule has 1 unspecified atom stereocenters. The van der Waals surface area contributed by atoms with Gasteiger partial charge in [-0.25, -0.2) is 0 Å². The van der Waals surface area contributed by atoms with Crippen molar-refractivity contribution in [3.8, 4) is 0 Å². The number of hydrogen-bond donors (Lipinski definition) is 0. The predicted octanol–water partition coefficient (Wildman–Crippen LogP) is 5.09. The van der Waals surface area contributed by atoms with Crippen LogP contribution >= 0.6 is 0 Å². The van der Waals surface area contributed by atoms with Crippen molar-refractivity contribution in [1.82, 2.24) is 0 Å². The highest BCUT2D eigenvalue weighted by Crippen LogP contribution is 2.16. The second-order valence-electron chi connectivity index (χ2n) is 5.32. The van der Waals surface area contributed by atoms with Crippen LogP contribution in [0.1, 0.15) is 48.2 Å². The molecule has 2 rings (SSSR count). The maximum absolute atomic E-state index is 12.6. The number of hydrogen-bond acceptors (Lipinski definition) is 2. The van der Waals surface area contributed by atoms with Crippen LogP contribution in [-0.2, 0) is 4.74 Å². The van der Waals surface area contributed by atoms with Gasteiger partial charge in [0, 0.05) is 11.1 Å². The highest BCUT2D eigenvalue weighted by atomic mass is 16.5. The molecule has 0 aliphatic heterocycles. The van der Waals surface area contributed by atoms with Crippen LogP contribution in [0.15, 0.2) is 60.9 Å². The topological polar surface area (TPSA) is 26.3 Å². The minimum atomic E-state index is 0.0301. The molecule has 0 aliphatic rings. The molecule has 114 valence electrons. The van der Waals surface area contributed by atoms with Gasteiger partial charge >= 0.3 is 0 Å². The first-order valence-corrected chi connectivity index (χ1v) is 7.73. The van der Waals surface area contributed by atoms with Crippen LogP contribution in [0, 0.1) is 0 Å². The first-order chi connectivity index (χ1) is 10.7. The van der Waals surface area contributed by atoms with Gasteiger partial charge in [-0.2, -0.15) is 0 Å². The van der Waals surface area contributed by atoms with Crippen molar-refractivity contribution >= 4 is 11.9 Å². The van der Waals surface area contributed by atoms with E-state index in [1.165, 1.54) is 0 Å². The largest absolute Gasteiger partial charge is 0.498 e. The average molecular weight is 294 g/mol. The van der Waals surface area contributed by atoms with E-state index in [0.717, 1.165) is 18.4 Å². The van der Waals surface area contributed by atoms with Crippen molar-refractivity contribution in [3.63, 3.8) is 0 Å². The Bertz CT molecular complexity index is 629. The van der Waals surface area contributed by atoms with Crippen LogP contribution in [0.25, 0.3) is 6.08 Å². The summed E-state index contributed by atoms with van der Waals surface area (Å²) in [5, 5.41) is 0. The zero-order chi connectivity index (χ0) is 15.8. The average Bonchev–Trinajstić information content (AvgIpc) is 2.56. The first kappa shape index (κ1) is 16.0.